The van der Waals surface area contributed by atoms with Crippen LogP contribution in [0.3, 0.4) is 0 Å². The maximum Gasteiger partial charge on any atom is 0.338 e. The van der Waals surface area contributed by atoms with Gasteiger partial charge in [0.05, 0.1) is 18.2 Å². The Labute approximate surface area is 305 Å². The summed E-state index contributed by atoms with van der Waals surface area (Å²) in [6.07, 6.45) is 32.7. The Morgan fingerprint density at radius 1 is 0.660 bits per heavy atom. The Hall–Kier alpha value is -2.93. The maximum atomic E-state index is 13.4. The van der Waals surface area contributed by atoms with Crippen LogP contribution in [-0.2, 0) is 19.1 Å². The summed E-state index contributed by atoms with van der Waals surface area (Å²) in [5.74, 6) is -1.57. The molecule has 0 aliphatic carbocycles. The summed E-state index contributed by atoms with van der Waals surface area (Å²) in [7, 11) is 0. The summed E-state index contributed by atoms with van der Waals surface area (Å²) in [4.78, 5) is 38.2. The van der Waals surface area contributed by atoms with Gasteiger partial charge in [-0.2, -0.15) is 0 Å². The van der Waals surface area contributed by atoms with Gasteiger partial charge < -0.3 is 19.9 Å². The van der Waals surface area contributed by atoms with Gasteiger partial charge in [-0.3, -0.25) is 9.59 Å². The van der Waals surface area contributed by atoms with Gasteiger partial charge in [0.1, 0.15) is 6.10 Å². The van der Waals surface area contributed by atoms with Crippen molar-refractivity contribution in [2.45, 2.75) is 187 Å². The molecule has 50 heavy (non-hydrogen) atoms. The molecule has 7 heteroatoms. The van der Waals surface area contributed by atoms with Crippen molar-refractivity contribution in [2.75, 3.05) is 6.61 Å². The second kappa shape index (κ2) is 32.0. The Kier molecular flexibility index (Phi) is 28.9. The van der Waals surface area contributed by atoms with Crippen molar-refractivity contribution in [3.8, 4) is 0 Å². The molecule has 0 aliphatic rings. The summed E-state index contributed by atoms with van der Waals surface area (Å²) in [6, 6.07) is 7.75. The van der Waals surface area contributed by atoms with Gasteiger partial charge in [-0.1, -0.05) is 159 Å². The highest BCUT2D eigenvalue weighted by atomic mass is 16.6. The highest BCUT2D eigenvalue weighted by Crippen LogP contribution is 2.16. The number of carbonyl (C=O) groups excluding carboxylic acids is 3. The zero-order chi connectivity index (χ0) is 36.5. The van der Waals surface area contributed by atoms with Crippen LogP contribution in [0.4, 0.5) is 0 Å². The Balaban J connectivity index is 2.66. The molecule has 7 nitrogen and oxygen atoms in total. The summed E-state index contributed by atoms with van der Waals surface area (Å²) in [5.41, 5.74) is 0.381. The van der Waals surface area contributed by atoms with Crippen molar-refractivity contribution in [2.24, 2.45) is 0 Å². The van der Waals surface area contributed by atoms with E-state index in [1.807, 2.05) is 12.1 Å². The maximum absolute atomic E-state index is 13.4. The summed E-state index contributed by atoms with van der Waals surface area (Å²) < 4.78 is 11.2. The molecular formula is C43H71NO6. The lowest BCUT2D eigenvalue weighted by Crippen LogP contribution is -2.50. The predicted octanol–water partition coefficient (Wildman–Crippen LogP) is 10.7. The second-order valence-electron chi connectivity index (χ2n) is 13.7. The zero-order valence-corrected chi connectivity index (χ0v) is 31.9. The van der Waals surface area contributed by atoms with E-state index in [-0.39, 0.29) is 0 Å². The van der Waals surface area contributed by atoms with Gasteiger partial charge in [-0.15, -0.1) is 0 Å². The molecule has 1 aromatic rings. The zero-order valence-electron chi connectivity index (χ0n) is 31.9. The van der Waals surface area contributed by atoms with Crippen LogP contribution in [0.1, 0.15) is 179 Å². The lowest BCUT2D eigenvalue weighted by molar-refractivity contribution is -0.155. The fourth-order valence-electron chi connectivity index (χ4n) is 6.02. The first-order chi connectivity index (χ1) is 24.4. The number of allylic oxidation sites excluding steroid dienone is 3. The van der Waals surface area contributed by atoms with Crippen LogP contribution in [0.2, 0.25) is 0 Å². The van der Waals surface area contributed by atoms with E-state index >= 15 is 0 Å². The van der Waals surface area contributed by atoms with Crippen LogP contribution in [0.5, 0.6) is 0 Å². The van der Waals surface area contributed by atoms with Crippen LogP contribution in [-0.4, -0.2) is 47.8 Å². The monoisotopic (exact) mass is 698 g/mol. The second-order valence-corrected chi connectivity index (χ2v) is 13.7. The van der Waals surface area contributed by atoms with Crippen molar-refractivity contribution < 1.29 is 29.0 Å². The quantitative estimate of drug-likeness (QED) is 0.0441. The minimum atomic E-state index is -0.972. The molecule has 0 bridgehead atoms. The van der Waals surface area contributed by atoms with Crippen molar-refractivity contribution in [3.05, 3.63) is 60.2 Å². The average molecular weight is 698 g/mol. The number of aliphatic hydroxyl groups excluding tert-OH is 1. The molecule has 1 rings (SSSR count). The van der Waals surface area contributed by atoms with Crippen LogP contribution < -0.4 is 5.32 Å². The summed E-state index contributed by atoms with van der Waals surface area (Å²) >= 11 is 0. The van der Waals surface area contributed by atoms with Gasteiger partial charge in [-0.25, -0.2) is 4.79 Å². The molecule has 0 saturated carbocycles. The van der Waals surface area contributed by atoms with Crippen molar-refractivity contribution in [1.82, 2.24) is 5.32 Å². The van der Waals surface area contributed by atoms with E-state index in [2.05, 4.69) is 31.3 Å². The molecule has 0 fully saturated rings. The number of rotatable bonds is 32. The van der Waals surface area contributed by atoms with Crippen molar-refractivity contribution >= 4 is 17.8 Å². The number of amides is 1. The van der Waals surface area contributed by atoms with E-state index in [0.717, 1.165) is 38.5 Å². The van der Waals surface area contributed by atoms with Crippen LogP contribution in [0, 0.1) is 0 Å². The first-order valence-corrected chi connectivity index (χ1v) is 20.1. The van der Waals surface area contributed by atoms with Gasteiger partial charge in [0.25, 0.3) is 5.91 Å². The molecule has 0 aromatic heterocycles. The third kappa shape index (κ3) is 24.3. The molecule has 284 valence electrons. The number of esters is 2. The normalized spacial score (nSPS) is 13.4. The molecule has 3 atom stereocenters. The van der Waals surface area contributed by atoms with Crippen LogP contribution in [0.25, 0.3) is 0 Å². The van der Waals surface area contributed by atoms with E-state index in [1.165, 1.54) is 110 Å². The van der Waals surface area contributed by atoms with Gasteiger partial charge in [-0.05, 0) is 56.7 Å². The number of carbonyl (C=O) groups is 3. The lowest BCUT2D eigenvalue weighted by atomic mass is 10.0. The van der Waals surface area contributed by atoms with E-state index in [0.29, 0.717) is 12.0 Å². The molecule has 0 unspecified atom stereocenters. The van der Waals surface area contributed by atoms with E-state index in [4.69, 9.17) is 9.47 Å². The Bertz CT molecular complexity index is 1040. The third-order valence-corrected chi connectivity index (χ3v) is 9.06. The molecule has 0 radical (unpaired) electrons. The summed E-state index contributed by atoms with van der Waals surface area (Å²) in [6.45, 7) is 5.33. The molecule has 0 heterocycles. The largest absolute Gasteiger partial charge is 0.452 e. The number of ether oxygens (including phenoxy) is 2. The number of nitrogens with one attached hydrogen (secondary N) is 1. The summed E-state index contributed by atoms with van der Waals surface area (Å²) in [5, 5.41) is 13.1. The van der Waals surface area contributed by atoms with Crippen LogP contribution >= 0.6 is 0 Å². The highest BCUT2D eigenvalue weighted by molar-refractivity contribution is 5.89. The lowest BCUT2D eigenvalue weighted by Gasteiger charge is -2.26. The first-order valence-electron chi connectivity index (χ1n) is 20.1. The molecule has 0 spiro atoms. The smallest absolute Gasteiger partial charge is 0.338 e. The average Bonchev–Trinajstić information content (AvgIpc) is 3.12. The minimum absolute atomic E-state index is 0.381. The Morgan fingerprint density at radius 3 is 1.70 bits per heavy atom. The molecule has 2 N–H and O–H groups in total. The molecule has 1 amide bonds. The molecular weight excluding hydrogens is 626 g/mol. The standard InChI is InChI=1S/C43H71NO6/c1-4-6-8-10-12-14-16-18-20-21-23-25-30-34-40(50-43(48)38-32-28-27-29-33-38)39(36-45)44-42(47)41(49-37(3)46)35-31-26-24-22-19-17-15-13-11-9-7-5-2/h20-21,27-30,32-34,39-41,45H,4-19,22-26,31,35-36H2,1-3H3,(H,44,47)/b21-20-,34-30+/t39-,40+,41-/m1/s1. The number of hydrogen-bond donors (Lipinski definition) is 2. The predicted molar refractivity (Wildman–Crippen MR) is 206 cm³/mol. The fourth-order valence-corrected chi connectivity index (χ4v) is 6.02. The van der Waals surface area contributed by atoms with Crippen molar-refractivity contribution in [1.29, 1.82) is 0 Å². The van der Waals surface area contributed by atoms with E-state index < -0.39 is 42.7 Å². The molecule has 0 aliphatic heterocycles. The SMILES string of the molecule is CCCCCCCCC/C=C\CC/C=C/[C@H](OC(=O)c1ccccc1)[C@@H](CO)NC(=O)[C@@H](CCCCCCCCCCCCCC)OC(C)=O. The minimum Gasteiger partial charge on any atom is -0.452 e. The van der Waals surface area contributed by atoms with Gasteiger partial charge in [0, 0.05) is 6.92 Å². The van der Waals surface area contributed by atoms with Gasteiger partial charge in [0.15, 0.2) is 6.10 Å². The molecule has 0 saturated heterocycles. The number of hydrogen-bond acceptors (Lipinski definition) is 6. The van der Waals surface area contributed by atoms with Crippen molar-refractivity contribution in [3.63, 3.8) is 0 Å². The number of benzene rings is 1. The Morgan fingerprint density at radius 2 is 1.16 bits per heavy atom. The first kappa shape index (κ1) is 45.1. The fraction of sp³-hybridized carbons (Fsp3) is 0.698. The number of unbranched alkanes of at least 4 members (excludes halogenated alkanes) is 19. The molecule has 1 aromatic carbocycles. The van der Waals surface area contributed by atoms with Gasteiger partial charge in [0.2, 0.25) is 0 Å². The van der Waals surface area contributed by atoms with E-state index in [9.17, 15) is 19.5 Å². The highest BCUT2D eigenvalue weighted by Gasteiger charge is 2.29. The third-order valence-electron chi connectivity index (χ3n) is 9.06. The van der Waals surface area contributed by atoms with E-state index in [1.54, 1.807) is 30.3 Å². The van der Waals surface area contributed by atoms with Crippen LogP contribution in [0.15, 0.2) is 54.6 Å². The topological polar surface area (TPSA) is 102 Å². The van der Waals surface area contributed by atoms with Gasteiger partial charge >= 0.3 is 11.9 Å². The number of aliphatic hydroxyl groups is 1.